The van der Waals surface area contributed by atoms with Gasteiger partial charge in [0.05, 0.1) is 5.25 Å². The van der Waals surface area contributed by atoms with Gasteiger partial charge >= 0.3 is 5.69 Å². The van der Waals surface area contributed by atoms with Crippen molar-refractivity contribution < 1.29 is 4.79 Å². The van der Waals surface area contributed by atoms with Crippen molar-refractivity contribution in [1.29, 1.82) is 0 Å². The van der Waals surface area contributed by atoms with Crippen LogP contribution in [0.15, 0.2) is 38.9 Å². The van der Waals surface area contributed by atoms with Crippen LogP contribution in [-0.2, 0) is 11.3 Å². The highest BCUT2D eigenvalue weighted by Gasteiger charge is 2.20. The van der Waals surface area contributed by atoms with Gasteiger partial charge in [0.25, 0.3) is 5.56 Å². The molecule has 0 fully saturated rings. The lowest BCUT2D eigenvalue weighted by Gasteiger charge is -2.13. The van der Waals surface area contributed by atoms with Crippen molar-refractivity contribution in [2.75, 3.05) is 0 Å². The number of aryl methyl sites for hydroxylation is 1. The van der Waals surface area contributed by atoms with E-state index in [-0.39, 0.29) is 10.9 Å². The SMILES string of the molecule is CCC(Sc1n[nH]c(=O)[nH]c1=O)C(=O)NCc1ccc(C)cc1. The molecule has 23 heavy (non-hydrogen) atoms. The molecule has 1 heterocycles. The summed E-state index contributed by atoms with van der Waals surface area (Å²) in [6.07, 6.45) is 0.532. The van der Waals surface area contributed by atoms with E-state index in [2.05, 4.69) is 20.5 Å². The average molecular weight is 334 g/mol. The first-order valence-electron chi connectivity index (χ1n) is 7.18. The minimum atomic E-state index is -0.670. The molecule has 0 saturated heterocycles. The van der Waals surface area contributed by atoms with Crippen molar-refractivity contribution in [2.24, 2.45) is 0 Å². The van der Waals surface area contributed by atoms with Gasteiger partial charge in [-0.1, -0.05) is 48.5 Å². The van der Waals surface area contributed by atoms with Gasteiger partial charge in [-0.3, -0.25) is 14.6 Å². The van der Waals surface area contributed by atoms with Crippen molar-refractivity contribution in [2.45, 2.75) is 37.1 Å². The minimum absolute atomic E-state index is 0.0712. The van der Waals surface area contributed by atoms with E-state index in [0.717, 1.165) is 22.9 Å². The molecule has 1 atom stereocenters. The molecule has 1 aromatic carbocycles. The van der Waals surface area contributed by atoms with E-state index in [9.17, 15) is 14.4 Å². The Morgan fingerprint density at radius 2 is 2.00 bits per heavy atom. The summed E-state index contributed by atoms with van der Waals surface area (Å²) >= 11 is 1.03. The Morgan fingerprint density at radius 3 is 2.61 bits per heavy atom. The monoisotopic (exact) mass is 334 g/mol. The van der Waals surface area contributed by atoms with E-state index >= 15 is 0 Å². The largest absolute Gasteiger partial charge is 0.351 e. The van der Waals surface area contributed by atoms with Gasteiger partial charge < -0.3 is 5.32 Å². The Balaban J connectivity index is 1.99. The lowest BCUT2D eigenvalue weighted by Crippen LogP contribution is -2.33. The van der Waals surface area contributed by atoms with Crippen molar-refractivity contribution in [1.82, 2.24) is 20.5 Å². The number of nitrogens with zero attached hydrogens (tertiary/aromatic N) is 1. The third-order valence-corrected chi connectivity index (χ3v) is 4.52. The molecule has 0 aliphatic rings. The zero-order valence-corrected chi connectivity index (χ0v) is 13.7. The van der Waals surface area contributed by atoms with Gasteiger partial charge in [0.1, 0.15) is 0 Å². The Hall–Kier alpha value is -2.35. The second kappa shape index (κ2) is 7.77. The van der Waals surface area contributed by atoms with Gasteiger partial charge in [-0.05, 0) is 18.9 Å². The number of thioether (sulfide) groups is 1. The summed E-state index contributed by atoms with van der Waals surface area (Å²) in [5.41, 5.74) is 0.897. The summed E-state index contributed by atoms with van der Waals surface area (Å²) in [4.78, 5) is 36.9. The normalized spacial score (nSPS) is 11.9. The zero-order chi connectivity index (χ0) is 16.8. The minimum Gasteiger partial charge on any atom is -0.351 e. The number of benzene rings is 1. The maximum atomic E-state index is 12.3. The molecule has 0 radical (unpaired) electrons. The highest BCUT2D eigenvalue weighted by Crippen LogP contribution is 2.20. The summed E-state index contributed by atoms with van der Waals surface area (Å²) < 4.78 is 0. The molecular weight excluding hydrogens is 316 g/mol. The fraction of sp³-hybridized carbons (Fsp3) is 0.333. The van der Waals surface area contributed by atoms with E-state index < -0.39 is 16.5 Å². The molecular formula is C15H18N4O3S. The highest BCUT2D eigenvalue weighted by atomic mass is 32.2. The predicted octanol–water partition coefficient (Wildman–Crippen LogP) is 0.954. The smallest absolute Gasteiger partial charge is 0.342 e. The van der Waals surface area contributed by atoms with E-state index in [4.69, 9.17) is 0 Å². The lowest BCUT2D eigenvalue weighted by molar-refractivity contribution is -0.120. The number of hydrogen-bond donors (Lipinski definition) is 3. The summed E-state index contributed by atoms with van der Waals surface area (Å²) in [6, 6.07) is 7.88. The number of aromatic nitrogens is 3. The van der Waals surface area contributed by atoms with Gasteiger partial charge in [0, 0.05) is 6.54 Å². The predicted molar refractivity (Wildman–Crippen MR) is 88.4 cm³/mol. The van der Waals surface area contributed by atoms with Crippen LogP contribution < -0.4 is 16.6 Å². The molecule has 1 aromatic heterocycles. The first-order valence-corrected chi connectivity index (χ1v) is 8.06. The molecule has 0 aliphatic heterocycles. The first kappa shape index (κ1) is 17.0. The molecule has 122 valence electrons. The van der Waals surface area contributed by atoms with Crippen LogP contribution in [0.4, 0.5) is 0 Å². The van der Waals surface area contributed by atoms with Crippen LogP contribution >= 0.6 is 11.8 Å². The summed E-state index contributed by atoms with van der Waals surface area (Å²) in [7, 11) is 0. The van der Waals surface area contributed by atoms with Gasteiger partial charge in [-0.2, -0.15) is 5.10 Å². The standard InChI is InChI=1S/C15H18N4O3S/c1-3-11(23-14-13(21)17-15(22)19-18-14)12(20)16-8-10-6-4-9(2)5-7-10/h4-7,11H,3,8H2,1-2H3,(H,16,20)(H2,17,19,21,22). The van der Waals surface area contributed by atoms with Crippen LogP contribution in [0.5, 0.6) is 0 Å². The maximum absolute atomic E-state index is 12.3. The number of H-pyrrole nitrogens is 2. The zero-order valence-electron chi connectivity index (χ0n) is 12.9. The van der Waals surface area contributed by atoms with Crippen molar-refractivity contribution in [3.63, 3.8) is 0 Å². The van der Waals surface area contributed by atoms with Crippen LogP contribution in [0.25, 0.3) is 0 Å². The van der Waals surface area contributed by atoms with Crippen molar-refractivity contribution in [3.05, 3.63) is 56.2 Å². The van der Waals surface area contributed by atoms with Crippen molar-refractivity contribution in [3.8, 4) is 0 Å². The molecule has 1 amide bonds. The summed E-state index contributed by atoms with van der Waals surface area (Å²) in [6.45, 7) is 4.27. The Kier molecular flexibility index (Phi) is 5.75. The third kappa shape index (κ3) is 4.82. The summed E-state index contributed by atoms with van der Waals surface area (Å²) in [5, 5.41) is 8.30. The van der Waals surface area contributed by atoms with Crippen LogP contribution in [-0.4, -0.2) is 26.3 Å². The maximum Gasteiger partial charge on any atom is 0.342 e. The van der Waals surface area contributed by atoms with Crippen LogP contribution in [0.2, 0.25) is 0 Å². The van der Waals surface area contributed by atoms with E-state index in [0.29, 0.717) is 13.0 Å². The summed E-state index contributed by atoms with van der Waals surface area (Å²) in [5.74, 6) is -0.175. The number of hydrogen-bond acceptors (Lipinski definition) is 5. The number of rotatable bonds is 6. The van der Waals surface area contributed by atoms with Crippen LogP contribution in [0, 0.1) is 6.92 Å². The highest BCUT2D eigenvalue weighted by molar-refractivity contribution is 8.00. The molecule has 8 heteroatoms. The van der Waals surface area contributed by atoms with E-state index in [1.165, 1.54) is 0 Å². The number of carbonyl (C=O) groups excluding carboxylic acids is 1. The third-order valence-electron chi connectivity index (χ3n) is 3.18. The second-order valence-electron chi connectivity index (χ2n) is 5.03. The second-order valence-corrected chi connectivity index (χ2v) is 6.22. The molecule has 2 rings (SSSR count). The Morgan fingerprint density at radius 1 is 1.30 bits per heavy atom. The Bertz CT molecular complexity index is 782. The quantitative estimate of drug-likeness (QED) is 0.682. The van der Waals surface area contributed by atoms with Crippen molar-refractivity contribution >= 4 is 17.7 Å². The van der Waals surface area contributed by atoms with Crippen LogP contribution in [0.1, 0.15) is 24.5 Å². The number of aromatic amines is 2. The van der Waals surface area contributed by atoms with Gasteiger partial charge in [0.15, 0.2) is 5.03 Å². The fourth-order valence-electron chi connectivity index (χ4n) is 1.88. The average Bonchev–Trinajstić information content (AvgIpc) is 2.53. The molecule has 0 spiro atoms. The molecule has 7 nitrogen and oxygen atoms in total. The molecule has 0 aliphatic carbocycles. The first-order chi connectivity index (χ1) is 11.0. The van der Waals surface area contributed by atoms with E-state index in [1.54, 1.807) is 0 Å². The Labute approximate surface area is 136 Å². The lowest BCUT2D eigenvalue weighted by atomic mass is 10.1. The molecule has 0 bridgehead atoms. The molecule has 3 N–H and O–H groups in total. The van der Waals surface area contributed by atoms with Gasteiger partial charge in [-0.25, -0.2) is 9.89 Å². The fourth-order valence-corrected chi connectivity index (χ4v) is 2.77. The van der Waals surface area contributed by atoms with Gasteiger partial charge in [0.2, 0.25) is 5.91 Å². The number of amides is 1. The number of carbonyl (C=O) groups is 1. The van der Waals surface area contributed by atoms with E-state index in [1.807, 2.05) is 38.1 Å². The molecule has 2 aromatic rings. The van der Waals surface area contributed by atoms with Crippen LogP contribution in [0.3, 0.4) is 0 Å². The topological polar surface area (TPSA) is 108 Å². The molecule has 0 saturated carbocycles. The van der Waals surface area contributed by atoms with Gasteiger partial charge in [-0.15, -0.1) is 0 Å². The molecule has 1 unspecified atom stereocenters. The number of nitrogens with one attached hydrogen (secondary N) is 3.